The first-order valence-corrected chi connectivity index (χ1v) is 11.1. The summed E-state index contributed by atoms with van der Waals surface area (Å²) in [5, 5.41) is 8.91. The van der Waals surface area contributed by atoms with E-state index in [2.05, 4.69) is 27.0 Å². The van der Waals surface area contributed by atoms with Gasteiger partial charge in [0.1, 0.15) is 5.82 Å². The second kappa shape index (κ2) is 8.29. The first-order valence-electron chi connectivity index (χ1n) is 11.1. The SMILES string of the molecule is CN1CCn2c(C(=O)N3CCOCC3)nnc2C12CCN(Cc1ccc(F)cc1)CC2. The molecule has 0 atom stereocenters. The summed E-state index contributed by atoms with van der Waals surface area (Å²) in [5.41, 5.74) is 0.921. The smallest absolute Gasteiger partial charge is 0.291 e. The Kier molecular flexibility index (Phi) is 5.49. The minimum atomic E-state index is -0.202. The van der Waals surface area contributed by atoms with E-state index in [9.17, 15) is 9.18 Å². The van der Waals surface area contributed by atoms with Crippen molar-refractivity contribution in [2.45, 2.75) is 31.5 Å². The maximum absolute atomic E-state index is 13.2. The highest BCUT2D eigenvalue weighted by atomic mass is 19.1. The number of rotatable bonds is 3. The molecule has 31 heavy (non-hydrogen) atoms. The zero-order chi connectivity index (χ0) is 21.4. The summed E-state index contributed by atoms with van der Waals surface area (Å²) in [7, 11) is 2.15. The number of morpholine rings is 1. The van der Waals surface area contributed by atoms with Crippen molar-refractivity contribution in [2.75, 3.05) is 53.0 Å². The lowest BCUT2D eigenvalue weighted by molar-refractivity contribution is 0.00528. The van der Waals surface area contributed by atoms with Gasteiger partial charge in [0, 0.05) is 45.8 Å². The lowest BCUT2D eigenvalue weighted by Gasteiger charge is -2.49. The molecule has 0 aliphatic carbocycles. The molecule has 5 rings (SSSR count). The third kappa shape index (κ3) is 3.75. The van der Waals surface area contributed by atoms with Crippen LogP contribution in [0.3, 0.4) is 0 Å². The number of halogens is 1. The first kappa shape index (κ1) is 20.5. The van der Waals surface area contributed by atoms with Crippen LogP contribution in [-0.2, 0) is 23.4 Å². The number of amides is 1. The molecule has 2 fully saturated rings. The summed E-state index contributed by atoms with van der Waals surface area (Å²) in [4.78, 5) is 19.7. The van der Waals surface area contributed by atoms with Gasteiger partial charge in [0.15, 0.2) is 5.82 Å². The van der Waals surface area contributed by atoms with Crippen molar-refractivity contribution in [1.82, 2.24) is 29.5 Å². The number of piperidine rings is 1. The van der Waals surface area contributed by atoms with E-state index in [4.69, 9.17) is 4.74 Å². The van der Waals surface area contributed by atoms with E-state index in [0.29, 0.717) is 32.1 Å². The van der Waals surface area contributed by atoms with Crippen molar-refractivity contribution in [3.8, 4) is 0 Å². The molecule has 2 aromatic rings. The van der Waals surface area contributed by atoms with Crippen molar-refractivity contribution in [3.05, 3.63) is 47.3 Å². The van der Waals surface area contributed by atoms with Crippen LogP contribution < -0.4 is 0 Å². The lowest BCUT2D eigenvalue weighted by Crippen LogP contribution is -2.56. The fourth-order valence-electron chi connectivity index (χ4n) is 5.09. The number of hydrogen-bond acceptors (Lipinski definition) is 6. The van der Waals surface area contributed by atoms with E-state index >= 15 is 0 Å². The Hall–Kier alpha value is -2.36. The molecule has 1 aromatic carbocycles. The number of hydrogen-bond donors (Lipinski definition) is 0. The molecule has 1 spiro atoms. The van der Waals surface area contributed by atoms with Crippen LogP contribution in [0.25, 0.3) is 0 Å². The fraction of sp³-hybridized carbons (Fsp3) is 0.591. The molecule has 0 saturated carbocycles. The number of carbonyl (C=O) groups is 1. The Morgan fingerprint density at radius 1 is 1.03 bits per heavy atom. The number of aromatic nitrogens is 3. The predicted molar refractivity (Wildman–Crippen MR) is 112 cm³/mol. The highest BCUT2D eigenvalue weighted by molar-refractivity contribution is 5.90. The number of benzene rings is 1. The van der Waals surface area contributed by atoms with Gasteiger partial charge in [-0.1, -0.05) is 12.1 Å². The molecule has 4 heterocycles. The molecule has 2 saturated heterocycles. The Balaban J connectivity index is 1.33. The van der Waals surface area contributed by atoms with E-state index in [0.717, 1.165) is 57.0 Å². The molecule has 3 aliphatic rings. The molecular formula is C22H29FN6O2. The molecule has 0 N–H and O–H groups in total. The van der Waals surface area contributed by atoms with Gasteiger partial charge in [-0.3, -0.25) is 14.6 Å². The van der Waals surface area contributed by atoms with Gasteiger partial charge in [0.2, 0.25) is 5.82 Å². The third-order valence-corrected chi connectivity index (χ3v) is 7.05. The van der Waals surface area contributed by atoms with Gasteiger partial charge in [-0.2, -0.15) is 0 Å². The molecule has 1 aromatic heterocycles. The Labute approximate surface area is 181 Å². The predicted octanol–water partition coefficient (Wildman–Crippen LogP) is 1.33. The average Bonchev–Trinajstić information content (AvgIpc) is 3.24. The summed E-state index contributed by atoms with van der Waals surface area (Å²) < 4.78 is 20.6. The summed E-state index contributed by atoms with van der Waals surface area (Å²) in [5.74, 6) is 1.12. The quantitative estimate of drug-likeness (QED) is 0.735. The van der Waals surface area contributed by atoms with Gasteiger partial charge in [0.05, 0.1) is 18.8 Å². The molecule has 3 aliphatic heterocycles. The van der Waals surface area contributed by atoms with Crippen molar-refractivity contribution >= 4 is 5.91 Å². The van der Waals surface area contributed by atoms with Crippen LogP contribution in [0, 0.1) is 5.82 Å². The maximum Gasteiger partial charge on any atom is 0.291 e. The van der Waals surface area contributed by atoms with E-state index in [1.165, 1.54) is 12.1 Å². The molecule has 8 nitrogen and oxygen atoms in total. The number of likely N-dealkylation sites (N-methyl/N-ethyl adjacent to an activating group) is 1. The van der Waals surface area contributed by atoms with E-state index in [1.807, 2.05) is 21.6 Å². The fourth-order valence-corrected chi connectivity index (χ4v) is 5.09. The van der Waals surface area contributed by atoms with Crippen LogP contribution in [-0.4, -0.2) is 88.4 Å². The standard InChI is InChI=1S/C22H29FN6O2/c1-26-10-11-29-19(20(30)28-12-14-31-15-13-28)24-25-21(29)22(26)6-8-27(9-7-22)16-17-2-4-18(23)5-3-17/h2-5H,6-16H2,1H3. The summed E-state index contributed by atoms with van der Waals surface area (Å²) in [6.07, 6.45) is 1.85. The summed E-state index contributed by atoms with van der Waals surface area (Å²) >= 11 is 0. The normalized spacial score (nSPS) is 21.9. The first-order chi connectivity index (χ1) is 15.1. The van der Waals surface area contributed by atoms with Crippen LogP contribution in [0.1, 0.15) is 34.8 Å². The minimum absolute atomic E-state index is 0.0458. The number of fused-ring (bicyclic) bond motifs is 2. The van der Waals surface area contributed by atoms with Crippen molar-refractivity contribution in [1.29, 1.82) is 0 Å². The molecule has 9 heteroatoms. The molecule has 0 unspecified atom stereocenters. The van der Waals surface area contributed by atoms with Gasteiger partial charge in [-0.25, -0.2) is 4.39 Å². The second-order valence-corrected chi connectivity index (χ2v) is 8.76. The number of nitrogens with zero attached hydrogens (tertiary/aromatic N) is 6. The van der Waals surface area contributed by atoms with Crippen LogP contribution >= 0.6 is 0 Å². The van der Waals surface area contributed by atoms with E-state index in [1.54, 1.807) is 0 Å². The monoisotopic (exact) mass is 428 g/mol. The van der Waals surface area contributed by atoms with E-state index in [-0.39, 0.29) is 17.3 Å². The highest BCUT2D eigenvalue weighted by Crippen LogP contribution is 2.40. The Morgan fingerprint density at radius 2 is 1.74 bits per heavy atom. The summed E-state index contributed by atoms with van der Waals surface area (Å²) in [6.45, 7) is 6.59. The maximum atomic E-state index is 13.2. The zero-order valence-electron chi connectivity index (χ0n) is 18.0. The van der Waals surface area contributed by atoms with Gasteiger partial charge in [0.25, 0.3) is 5.91 Å². The van der Waals surface area contributed by atoms with Crippen molar-refractivity contribution < 1.29 is 13.9 Å². The lowest BCUT2D eigenvalue weighted by atomic mass is 9.83. The molecule has 0 radical (unpaired) electrons. The minimum Gasteiger partial charge on any atom is -0.378 e. The number of carbonyl (C=O) groups excluding carboxylic acids is 1. The van der Waals surface area contributed by atoms with E-state index < -0.39 is 0 Å². The highest BCUT2D eigenvalue weighted by Gasteiger charge is 2.47. The number of likely N-dealkylation sites (tertiary alicyclic amines) is 1. The van der Waals surface area contributed by atoms with Gasteiger partial charge in [-0.15, -0.1) is 10.2 Å². The topological polar surface area (TPSA) is 66.7 Å². The molecular weight excluding hydrogens is 399 g/mol. The van der Waals surface area contributed by atoms with Crippen LogP contribution in [0.5, 0.6) is 0 Å². The van der Waals surface area contributed by atoms with Gasteiger partial charge < -0.3 is 14.2 Å². The third-order valence-electron chi connectivity index (χ3n) is 7.05. The molecule has 0 bridgehead atoms. The molecule has 166 valence electrons. The van der Waals surface area contributed by atoms with Gasteiger partial charge >= 0.3 is 0 Å². The van der Waals surface area contributed by atoms with Gasteiger partial charge in [-0.05, 0) is 37.6 Å². The van der Waals surface area contributed by atoms with Crippen LogP contribution in [0.2, 0.25) is 0 Å². The molecule has 1 amide bonds. The number of ether oxygens (including phenoxy) is 1. The Bertz CT molecular complexity index is 932. The van der Waals surface area contributed by atoms with Crippen LogP contribution in [0.4, 0.5) is 4.39 Å². The largest absolute Gasteiger partial charge is 0.378 e. The average molecular weight is 429 g/mol. The van der Waals surface area contributed by atoms with Crippen molar-refractivity contribution in [2.24, 2.45) is 0 Å². The summed E-state index contributed by atoms with van der Waals surface area (Å²) in [6, 6.07) is 6.75. The second-order valence-electron chi connectivity index (χ2n) is 8.76. The Morgan fingerprint density at radius 3 is 2.45 bits per heavy atom. The zero-order valence-corrected chi connectivity index (χ0v) is 18.0. The van der Waals surface area contributed by atoms with Crippen LogP contribution in [0.15, 0.2) is 24.3 Å². The van der Waals surface area contributed by atoms with Crippen molar-refractivity contribution in [3.63, 3.8) is 0 Å².